The number of hydrogen-bond donors (Lipinski definition) is 2. The summed E-state index contributed by atoms with van der Waals surface area (Å²) in [4.78, 5) is 30.4. The molecule has 2 aliphatic heterocycles. The molecule has 4 unspecified atom stereocenters. The third kappa shape index (κ3) is 7.57. The molecule has 0 saturated carbocycles. The first kappa shape index (κ1) is 32.4. The lowest BCUT2D eigenvalue weighted by molar-refractivity contribution is -0.0105. The van der Waals surface area contributed by atoms with E-state index in [1.54, 1.807) is 6.33 Å². The van der Waals surface area contributed by atoms with Crippen LogP contribution in [-0.2, 0) is 22.3 Å². The van der Waals surface area contributed by atoms with Crippen LogP contribution in [0.5, 0.6) is 0 Å². The monoisotopic (exact) mass is 698 g/mol. The summed E-state index contributed by atoms with van der Waals surface area (Å²) in [6, 6.07) is 8.15. The maximum atomic E-state index is 13.6. The van der Waals surface area contributed by atoms with E-state index in [0.717, 1.165) is 46.7 Å². The number of halogens is 2. The van der Waals surface area contributed by atoms with E-state index in [1.165, 1.54) is 16.7 Å². The van der Waals surface area contributed by atoms with E-state index in [-0.39, 0.29) is 30.5 Å². The van der Waals surface area contributed by atoms with E-state index >= 15 is 0 Å². The van der Waals surface area contributed by atoms with Gasteiger partial charge in [-0.25, -0.2) is 9.78 Å². The third-order valence-corrected chi connectivity index (χ3v) is 9.59. The molecule has 0 radical (unpaired) electrons. The van der Waals surface area contributed by atoms with Crippen LogP contribution in [0.3, 0.4) is 0 Å². The molecule has 1 amide bonds. The number of H-pyrrole nitrogens is 1. The molecule has 45 heavy (non-hydrogen) atoms. The summed E-state index contributed by atoms with van der Waals surface area (Å²) in [7, 11) is 0. The molecule has 242 valence electrons. The number of imidazole rings is 1. The number of aryl methyl sites for hydroxylation is 2. The number of hydrogen-bond acceptors (Lipinski definition) is 7. The number of amides is 1. The molecule has 1 aromatic carbocycles. The molecular formula is C34H44BrClN6O3. The van der Waals surface area contributed by atoms with Crippen molar-refractivity contribution in [2.45, 2.75) is 89.8 Å². The number of ether oxygens (including phenoxy) is 2. The van der Waals surface area contributed by atoms with E-state index in [2.05, 4.69) is 68.2 Å². The van der Waals surface area contributed by atoms with Crippen molar-refractivity contribution >= 4 is 33.6 Å². The second-order valence-corrected chi connectivity index (χ2v) is 15.3. The third-order valence-electron chi connectivity index (χ3n) is 8.92. The first-order chi connectivity index (χ1) is 21.5. The van der Waals surface area contributed by atoms with Crippen LogP contribution in [0.1, 0.15) is 81.1 Å². The molecule has 9 nitrogen and oxygen atoms in total. The molecule has 3 aromatic rings. The highest BCUT2D eigenvalue weighted by molar-refractivity contribution is 9.10. The standard InChI is InChI=1S/C34H44BrClN6O3/c1-20(2)12-23(27-17-37-19-40-27)15-39-32-31(44-32)28-18-41(10-11-42(28)33(43)45-34(3,4)5)30-26-9-8-25(36)14-21(26)6-7-22-13-24(35)16-38-29(22)30/h8-9,13-14,16-17,19-20,23,28,30-32,39H,6-7,10-12,15,18H2,1-5H3,(H,37,40)/t23?,28-,30?,31?,32?/m1/s1. The molecule has 2 saturated heterocycles. The molecule has 4 heterocycles. The molecule has 6 rings (SSSR count). The summed E-state index contributed by atoms with van der Waals surface area (Å²) in [6.45, 7) is 12.8. The van der Waals surface area contributed by atoms with E-state index < -0.39 is 5.60 Å². The number of rotatable bonds is 8. The van der Waals surface area contributed by atoms with E-state index in [1.807, 2.05) is 44.1 Å². The van der Waals surface area contributed by atoms with Gasteiger partial charge in [0.25, 0.3) is 0 Å². The maximum absolute atomic E-state index is 13.6. The van der Waals surface area contributed by atoms with Gasteiger partial charge in [-0.1, -0.05) is 31.5 Å². The first-order valence-corrected chi connectivity index (χ1v) is 17.2. The Hall–Kier alpha value is -2.50. The number of aromatic amines is 1. The van der Waals surface area contributed by atoms with Crippen LogP contribution in [0, 0.1) is 5.92 Å². The summed E-state index contributed by atoms with van der Waals surface area (Å²) >= 11 is 10.1. The second kappa shape index (κ2) is 13.3. The number of nitrogens with zero attached hydrogens (tertiary/aromatic N) is 4. The smallest absolute Gasteiger partial charge is 0.410 e. The van der Waals surface area contributed by atoms with Crippen molar-refractivity contribution in [1.82, 2.24) is 30.1 Å². The predicted octanol–water partition coefficient (Wildman–Crippen LogP) is 6.47. The van der Waals surface area contributed by atoms with Crippen molar-refractivity contribution in [3.8, 4) is 0 Å². The van der Waals surface area contributed by atoms with Gasteiger partial charge >= 0.3 is 6.09 Å². The summed E-state index contributed by atoms with van der Waals surface area (Å²) in [5, 5.41) is 4.40. The van der Waals surface area contributed by atoms with Crippen LogP contribution < -0.4 is 5.32 Å². The minimum Gasteiger partial charge on any atom is -0.444 e. The number of aromatic nitrogens is 3. The SMILES string of the molecule is CC(C)CC(CNC1OC1[C@H]1CN(C2c3ccc(Cl)cc3CCc3cc(Br)cnc32)CCN1C(=O)OC(C)(C)C)c1cnc[nH]1. The zero-order valence-corrected chi connectivity index (χ0v) is 29.1. The van der Waals surface area contributed by atoms with Gasteiger partial charge in [-0.2, -0.15) is 0 Å². The summed E-state index contributed by atoms with van der Waals surface area (Å²) < 4.78 is 13.2. The Balaban J connectivity index is 1.27. The number of carbonyl (C=O) groups excluding carboxylic acids is 1. The number of fused-ring (bicyclic) bond motifs is 2. The molecule has 2 N–H and O–H groups in total. The van der Waals surface area contributed by atoms with Crippen molar-refractivity contribution in [2.75, 3.05) is 26.2 Å². The minimum absolute atomic E-state index is 0.0629. The molecule has 0 spiro atoms. The van der Waals surface area contributed by atoms with Crippen LogP contribution in [0.4, 0.5) is 4.79 Å². The van der Waals surface area contributed by atoms with Crippen molar-refractivity contribution in [3.05, 3.63) is 80.6 Å². The van der Waals surface area contributed by atoms with Crippen molar-refractivity contribution < 1.29 is 14.3 Å². The Morgan fingerprint density at radius 3 is 2.73 bits per heavy atom. The number of epoxide rings is 1. The topological polar surface area (TPSA) is 98.9 Å². The predicted molar refractivity (Wildman–Crippen MR) is 178 cm³/mol. The molecule has 2 fully saturated rings. The maximum Gasteiger partial charge on any atom is 0.410 e. The van der Waals surface area contributed by atoms with Gasteiger partial charge in [-0.3, -0.25) is 20.1 Å². The van der Waals surface area contributed by atoms with Gasteiger partial charge in [0, 0.05) is 59.7 Å². The molecule has 1 aliphatic carbocycles. The Kier molecular flexibility index (Phi) is 9.60. The van der Waals surface area contributed by atoms with E-state index in [9.17, 15) is 4.79 Å². The Morgan fingerprint density at radius 1 is 1.20 bits per heavy atom. The quantitative estimate of drug-likeness (QED) is 0.260. The number of carbonyl (C=O) groups is 1. The largest absolute Gasteiger partial charge is 0.444 e. The van der Waals surface area contributed by atoms with Gasteiger partial charge in [0.15, 0.2) is 0 Å². The highest BCUT2D eigenvalue weighted by Crippen LogP contribution is 2.40. The van der Waals surface area contributed by atoms with Crippen molar-refractivity contribution in [3.63, 3.8) is 0 Å². The minimum atomic E-state index is -0.593. The summed E-state index contributed by atoms with van der Waals surface area (Å²) in [6.07, 6.45) is 7.73. The van der Waals surface area contributed by atoms with Crippen LogP contribution in [0.25, 0.3) is 0 Å². The van der Waals surface area contributed by atoms with E-state index in [0.29, 0.717) is 31.5 Å². The fourth-order valence-electron chi connectivity index (χ4n) is 6.90. The molecule has 3 aliphatic rings. The lowest BCUT2D eigenvalue weighted by atomic mass is 9.94. The van der Waals surface area contributed by atoms with Gasteiger partial charge in [0.1, 0.15) is 17.9 Å². The fourth-order valence-corrected chi connectivity index (χ4v) is 7.47. The molecular weight excluding hydrogens is 656 g/mol. The average Bonchev–Trinajstić information content (AvgIpc) is 3.58. The van der Waals surface area contributed by atoms with E-state index in [4.69, 9.17) is 26.1 Å². The van der Waals surface area contributed by atoms with Crippen LogP contribution in [0.15, 0.2) is 47.5 Å². The van der Waals surface area contributed by atoms with Crippen LogP contribution in [0.2, 0.25) is 5.02 Å². The molecule has 0 bridgehead atoms. The van der Waals surface area contributed by atoms with Crippen molar-refractivity contribution in [2.24, 2.45) is 5.92 Å². The van der Waals surface area contributed by atoms with Gasteiger partial charge in [-0.05, 0) is 96.8 Å². The highest BCUT2D eigenvalue weighted by atomic mass is 79.9. The Bertz CT molecular complexity index is 1440. The molecule has 2 aromatic heterocycles. The fraction of sp³-hybridized carbons (Fsp3) is 0.559. The normalized spacial score (nSPS) is 24.1. The van der Waals surface area contributed by atoms with Crippen LogP contribution >= 0.6 is 27.5 Å². The van der Waals surface area contributed by atoms with Gasteiger partial charge in [-0.15, -0.1) is 0 Å². The number of pyridine rings is 1. The zero-order valence-electron chi connectivity index (χ0n) is 26.7. The van der Waals surface area contributed by atoms with Gasteiger partial charge in [0.2, 0.25) is 0 Å². The average molecular weight is 700 g/mol. The Morgan fingerprint density at radius 2 is 2.00 bits per heavy atom. The van der Waals surface area contributed by atoms with Gasteiger partial charge < -0.3 is 14.5 Å². The number of benzene rings is 1. The zero-order chi connectivity index (χ0) is 31.9. The van der Waals surface area contributed by atoms with Gasteiger partial charge in [0.05, 0.1) is 24.1 Å². The second-order valence-electron chi connectivity index (χ2n) is 13.9. The summed E-state index contributed by atoms with van der Waals surface area (Å²) in [5.74, 6) is 0.832. The molecule has 11 heteroatoms. The number of nitrogens with one attached hydrogen (secondary N) is 2. The first-order valence-electron chi connectivity index (χ1n) is 16.0. The molecule has 5 atom stereocenters. The van der Waals surface area contributed by atoms with Crippen molar-refractivity contribution in [1.29, 1.82) is 0 Å². The highest BCUT2D eigenvalue weighted by Gasteiger charge is 2.52. The lowest BCUT2D eigenvalue weighted by Gasteiger charge is -2.44. The number of piperazine rings is 1. The lowest BCUT2D eigenvalue weighted by Crippen LogP contribution is -2.59. The van der Waals surface area contributed by atoms with Crippen LogP contribution in [-0.4, -0.2) is 81.0 Å². The summed E-state index contributed by atoms with van der Waals surface area (Å²) in [5.41, 5.74) is 5.28. The Labute approximate surface area is 279 Å².